The molecule has 1 aliphatic rings. The fraction of sp³-hybridized carbons (Fsp3) is 0.533. The van der Waals surface area contributed by atoms with Gasteiger partial charge in [0.15, 0.2) is 0 Å². The molecule has 0 radical (unpaired) electrons. The van der Waals surface area contributed by atoms with Crippen molar-refractivity contribution in [1.82, 2.24) is 10.3 Å². The number of nitrogens with zero attached hydrogens (tertiary/aromatic N) is 1. The molecule has 1 aromatic heterocycles. The Balaban J connectivity index is 1.76. The van der Waals surface area contributed by atoms with Crippen LogP contribution in [0.1, 0.15) is 31.2 Å². The molecule has 1 N–H and O–H groups in total. The number of hydrogen-bond acceptors (Lipinski definition) is 3. The summed E-state index contributed by atoms with van der Waals surface area (Å²) in [7, 11) is 0. The number of thiazole rings is 1. The molecule has 96 valence electrons. The highest BCUT2D eigenvalue weighted by atomic mass is 32.1. The minimum atomic E-state index is 0.629. The molecule has 1 aromatic carbocycles. The van der Waals surface area contributed by atoms with E-state index in [1.165, 1.54) is 29.0 Å². The van der Waals surface area contributed by atoms with Crippen molar-refractivity contribution in [2.24, 2.45) is 5.92 Å². The first-order chi connectivity index (χ1) is 8.86. The number of benzene rings is 1. The number of fused-ring (bicyclic) bond motifs is 1. The van der Waals surface area contributed by atoms with Gasteiger partial charge in [-0.25, -0.2) is 4.98 Å². The van der Waals surface area contributed by atoms with E-state index in [4.69, 9.17) is 4.98 Å². The Labute approximate surface area is 112 Å². The molecule has 1 aliphatic carbocycles. The Bertz CT molecular complexity index is 483. The van der Waals surface area contributed by atoms with E-state index >= 15 is 0 Å². The average molecular weight is 260 g/mol. The molecule has 3 rings (SSSR count). The summed E-state index contributed by atoms with van der Waals surface area (Å²) < 4.78 is 1.32. The predicted octanol–water partition coefficient (Wildman–Crippen LogP) is 3.62. The Morgan fingerprint density at radius 1 is 1.39 bits per heavy atom. The molecule has 3 heteroatoms. The van der Waals surface area contributed by atoms with Crippen LogP contribution in [-0.4, -0.2) is 17.6 Å². The van der Waals surface area contributed by atoms with Gasteiger partial charge in [-0.15, -0.1) is 11.3 Å². The zero-order valence-corrected chi connectivity index (χ0v) is 11.7. The van der Waals surface area contributed by atoms with Crippen molar-refractivity contribution in [1.29, 1.82) is 0 Å². The SMILES string of the molecule is CCNC(Cc1nc2ccccc2s1)C1CCC1. The number of hydrogen-bond donors (Lipinski definition) is 1. The van der Waals surface area contributed by atoms with Gasteiger partial charge in [-0.05, 0) is 37.4 Å². The van der Waals surface area contributed by atoms with Crippen LogP contribution in [-0.2, 0) is 6.42 Å². The second-order valence-electron chi connectivity index (χ2n) is 5.13. The summed E-state index contributed by atoms with van der Waals surface area (Å²) in [6.45, 7) is 3.26. The fourth-order valence-electron chi connectivity index (χ4n) is 2.71. The maximum absolute atomic E-state index is 4.75. The lowest BCUT2D eigenvalue weighted by atomic mass is 9.78. The summed E-state index contributed by atoms with van der Waals surface area (Å²) in [5.41, 5.74) is 1.15. The summed E-state index contributed by atoms with van der Waals surface area (Å²) in [6.07, 6.45) is 5.29. The Morgan fingerprint density at radius 3 is 2.89 bits per heavy atom. The third-order valence-electron chi connectivity index (χ3n) is 3.92. The summed E-state index contributed by atoms with van der Waals surface area (Å²) in [6, 6.07) is 9.07. The molecule has 2 aromatic rings. The molecule has 2 nitrogen and oxygen atoms in total. The zero-order valence-electron chi connectivity index (χ0n) is 10.9. The van der Waals surface area contributed by atoms with Gasteiger partial charge in [0.2, 0.25) is 0 Å². The Morgan fingerprint density at radius 2 is 2.22 bits per heavy atom. The molecule has 18 heavy (non-hydrogen) atoms. The van der Waals surface area contributed by atoms with Crippen molar-refractivity contribution in [3.05, 3.63) is 29.3 Å². The van der Waals surface area contributed by atoms with Gasteiger partial charge in [0.1, 0.15) is 0 Å². The largest absolute Gasteiger partial charge is 0.314 e. The predicted molar refractivity (Wildman–Crippen MR) is 78.1 cm³/mol. The highest BCUT2D eigenvalue weighted by Crippen LogP contribution is 2.32. The Kier molecular flexibility index (Phi) is 3.62. The summed E-state index contributed by atoms with van der Waals surface area (Å²) >= 11 is 1.85. The zero-order chi connectivity index (χ0) is 12.4. The lowest BCUT2D eigenvalue weighted by molar-refractivity contribution is 0.229. The van der Waals surface area contributed by atoms with Crippen molar-refractivity contribution in [3.8, 4) is 0 Å². The van der Waals surface area contributed by atoms with Crippen LogP contribution in [0.15, 0.2) is 24.3 Å². The third-order valence-corrected chi connectivity index (χ3v) is 4.98. The molecule has 0 amide bonds. The smallest absolute Gasteiger partial charge is 0.0954 e. The lowest BCUT2D eigenvalue weighted by Crippen LogP contribution is -2.41. The van der Waals surface area contributed by atoms with Gasteiger partial charge in [0, 0.05) is 12.5 Å². The van der Waals surface area contributed by atoms with Crippen molar-refractivity contribution in [2.75, 3.05) is 6.54 Å². The van der Waals surface area contributed by atoms with Crippen molar-refractivity contribution >= 4 is 21.6 Å². The molecular formula is C15H20N2S. The van der Waals surface area contributed by atoms with Gasteiger partial charge in [-0.2, -0.15) is 0 Å². The van der Waals surface area contributed by atoms with Crippen LogP contribution in [0.5, 0.6) is 0 Å². The number of nitrogens with one attached hydrogen (secondary N) is 1. The molecule has 1 fully saturated rings. The van der Waals surface area contributed by atoms with Crippen LogP contribution in [0.3, 0.4) is 0 Å². The van der Waals surface area contributed by atoms with Crippen molar-refractivity contribution in [2.45, 2.75) is 38.6 Å². The molecule has 0 spiro atoms. The van der Waals surface area contributed by atoms with Crippen LogP contribution in [0.4, 0.5) is 0 Å². The second-order valence-corrected chi connectivity index (χ2v) is 6.25. The van der Waals surface area contributed by atoms with Crippen molar-refractivity contribution in [3.63, 3.8) is 0 Å². The van der Waals surface area contributed by atoms with Crippen LogP contribution in [0.2, 0.25) is 0 Å². The van der Waals surface area contributed by atoms with E-state index in [1.807, 2.05) is 11.3 Å². The van der Waals surface area contributed by atoms with Gasteiger partial charge in [-0.1, -0.05) is 25.5 Å². The van der Waals surface area contributed by atoms with E-state index in [9.17, 15) is 0 Å². The first kappa shape index (κ1) is 12.1. The molecule has 1 saturated carbocycles. The topological polar surface area (TPSA) is 24.9 Å². The molecule has 0 saturated heterocycles. The minimum absolute atomic E-state index is 0.629. The number of rotatable bonds is 5. The second kappa shape index (κ2) is 5.37. The molecule has 1 unspecified atom stereocenters. The number of para-hydroxylation sites is 1. The summed E-state index contributed by atoms with van der Waals surface area (Å²) in [5.74, 6) is 0.872. The van der Waals surface area contributed by atoms with Gasteiger partial charge < -0.3 is 5.32 Å². The number of aromatic nitrogens is 1. The first-order valence-electron chi connectivity index (χ1n) is 6.94. The van der Waals surface area contributed by atoms with E-state index in [0.717, 1.165) is 24.4 Å². The van der Waals surface area contributed by atoms with Crippen LogP contribution in [0, 0.1) is 5.92 Å². The van der Waals surface area contributed by atoms with E-state index < -0.39 is 0 Å². The van der Waals surface area contributed by atoms with E-state index in [2.05, 4.69) is 36.5 Å². The third kappa shape index (κ3) is 2.43. The summed E-state index contributed by atoms with van der Waals surface area (Å²) in [4.78, 5) is 4.75. The highest BCUT2D eigenvalue weighted by Gasteiger charge is 2.27. The van der Waals surface area contributed by atoms with Crippen LogP contribution >= 0.6 is 11.3 Å². The van der Waals surface area contributed by atoms with E-state index in [0.29, 0.717) is 6.04 Å². The quantitative estimate of drug-likeness (QED) is 0.888. The number of likely N-dealkylation sites (N-methyl/N-ethyl adjacent to an activating group) is 1. The molecule has 0 aliphatic heterocycles. The highest BCUT2D eigenvalue weighted by molar-refractivity contribution is 7.18. The van der Waals surface area contributed by atoms with Crippen molar-refractivity contribution < 1.29 is 0 Å². The maximum atomic E-state index is 4.75. The molecule has 0 bridgehead atoms. The fourth-order valence-corrected chi connectivity index (χ4v) is 3.73. The van der Waals surface area contributed by atoms with E-state index in [-0.39, 0.29) is 0 Å². The molecule has 1 heterocycles. The van der Waals surface area contributed by atoms with Crippen LogP contribution < -0.4 is 5.32 Å². The Hall–Kier alpha value is -0.930. The normalized spacial score (nSPS) is 17.8. The lowest BCUT2D eigenvalue weighted by Gasteiger charge is -2.33. The van der Waals surface area contributed by atoms with Gasteiger partial charge in [-0.3, -0.25) is 0 Å². The van der Waals surface area contributed by atoms with Gasteiger partial charge in [0.05, 0.1) is 15.2 Å². The summed E-state index contributed by atoms with van der Waals surface area (Å²) in [5, 5.41) is 4.93. The van der Waals surface area contributed by atoms with Gasteiger partial charge in [0.25, 0.3) is 0 Å². The van der Waals surface area contributed by atoms with Gasteiger partial charge >= 0.3 is 0 Å². The first-order valence-corrected chi connectivity index (χ1v) is 7.76. The standard InChI is InChI=1S/C15H20N2S/c1-2-16-13(11-6-5-7-11)10-15-17-12-8-3-4-9-14(12)18-15/h3-4,8-9,11,13,16H,2,5-7,10H2,1H3. The van der Waals surface area contributed by atoms with E-state index in [1.54, 1.807) is 0 Å². The minimum Gasteiger partial charge on any atom is -0.314 e. The molecular weight excluding hydrogens is 240 g/mol. The molecule has 1 atom stereocenters. The monoisotopic (exact) mass is 260 g/mol. The van der Waals surface area contributed by atoms with Crippen LogP contribution in [0.25, 0.3) is 10.2 Å². The maximum Gasteiger partial charge on any atom is 0.0954 e. The average Bonchev–Trinajstić information content (AvgIpc) is 2.69.